The second-order valence-electron chi connectivity index (χ2n) is 7.44. The molecule has 1 aliphatic rings. The highest BCUT2D eigenvalue weighted by Crippen LogP contribution is 2.29. The van der Waals surface area contributed by atoms with Crippen LogP contribution in [0.1, 0.15) is 34.4 Å². The third kappa shape index (κ3) is 6.70. The average Bonchev–Trinajstić information content (AvgIpc) is 3.30. The van der Waals surface area contributed by atoms with Crippen molar-refractivity contribution in [1.29, 1.82) is 0 Å². The average molecular weight is 440 g/mol. The summed E-state index contributed by atoms with van der Waals surface area (Å²) in [5.41, 5.74) is 0.287. The van der Waals surface area contributed by atoms with E-state index < -0.39 is 11.7 Å². The summed E-state index contributed by atoms with van der Waals surface area (Å²) in [6, 6.07) is 5.70. The number of halogens is 3. The second kappa shape index (κ2) is 10.3. The summed E-state index contributed by atoms with van der Waals surface area (Å²) < 4.78 is 38.1. The van der Waals surface area contributed by atoms with Crippen LogP contribution in [0.3, 0.4) is 0 Å². The highest BCUT2D eigenvalue weighted by atomic mass is 32.1. The standard InChI is InChI=1S/C21H28F3N5S/c1-3-25-20(26-10-8-19-27-12-15(2)30-19)28-18-9-11-29(14-18)13-16-4-6-17(7-5-16)21(22,23)24/h4-7,12,18H,3,8-11,13-14H2,1-2H3,(H2,25,26,28). The van der Waals surface area contributed by atoms with E-state index in [0.717, 1.165) is 61.1 Å². The lowest BCUT2D eigenvalue weighted by Gasteiger charge is -2.19. The first-order chi connectivity index (χ1) is 14.3. The van der Waals surface area contributed by atoms with Gasteiger partial charge in [0.05, 0.1) is 10.6 Å². The molecule has 0 radical (unpaired) electrons. The number of aliphatic imine (C=N–C) groups is 1. The first-order valence-corrected chi connectivity index (χ1v) is 11.0. The Labute approximate surface area is 179 Å². The van der Waals surface area contributed by atoms with E-state index in [9.17, 15) is 13.2 Å². The number of rotatable bonds is 7. The maximum absolute atomic E-state index is 12.7. The molecule has 30 heavy (non-hydrogen) atoms. The van der Waals surface area contributed by atoms with E-state index in [1.54, 1.807) is 23.5 Å². The van der Waals surface area contributed by atoms with E-state index in [1.807, 2.05) is 20.0 Å². The Balaban J connectivity index is 1.48. The van der Waals surface area contributed by atoms with Crippen LogP contribution in [0.4, 0.5) is 13.2 Å². The molecule has 0 spiro atoms. The maximum Gasteiger partial charge on any atom is 0.416 e. The molecule has 1 aliphatic heterocycles. The largest absolute Gasteiger partial charge is 0.416 e. The Bertz CT molecular complexity index is 832. The molecule has 2 N–H and O–H groups in total. The van der Waals surface area contributed by atoms with Crippen molar-refractivity contribution in [2.75, 3.05) is 26.2 Å². The maximum atomic E-state index is 12.7. The first-order valence-electron chi connectivity index (χ1n) is 10.2. The van der Waals surface area contributed by atoms with Gasteiger partial charge in [0.25, 0.3) is 0 Å². The summed E-state index contributed by atoms with van der Waals surface area (Å²) in [4.78, 5) is 12.5. The summed E-state index contributed by atoms with van der Waals surface area (Å²) in [5, 5.41) is 7.86. The van der Waals surface area contributed by atoms with E-state index in [1.165, 1.54) is 4.88 Å². The number of aromatic nitrogens is 1. The summed E-state index contributed by atoms with van der Waals surface area (Å²) >= 11 is 1.70. The molecule has 1 fully saturated rings. The van der Waals surface area contributed by atoms with Gasteiger partial charge in [0, 0.05) is 56.3 Å². The van der Waals surface area contributed by atoms with E-state index in [-0.39, 0.29) is 6.04 Å². The molecule has 3 rings (SSSR count). The van der Waals surface area contributed by atoms with Crippen LogP contribution in [0, 0.1) is 6.92 Å². The number of hydrogen-bond donors (Lipinski definition) is 2. The van der Waals surface area contributed by atoms with Crippen molar-refractivity contribution < 1.29 is 13.2 Å². The number of aryl methyl sites for hydroxylation is 1. The lowest BCUT2D eigenvalue weighted by molar-refractivity contribution is -0.137. The summed E-state index contributed by atoms with van der Waals surface area (Å²) in [6.07, 6.45) is -0.616. The molecule has 164 valence electrons. The van der Waals surface area contributed by atoms with Crippen molar-refractivity contribution >= 4 is 17.3 Å². The molecule has 2 aromatic rings. The third-order valence-electron chi connectivity index (χ3n) is 4.91. The lowest BCUT2D eigenvalue weighted by Crippen LogP contribution is -2.44. The Morgan fingerprint density at radius 2 is 2.07 bits per heavy atom. The minimum absolute atomic E-state index is 0.263. The molecular formula is C21H28F3N5S. The number of benzene rings is 1. The number of thiazole rings is 1. The molecule has 1 atom stereocenters. The molecule has 0 bridgehead atoms. The SMILES string of the molecule is CCNC(=NCCc1ncc(C)s1)NC1CCN(Cc2ccc(C(F)(F)F)cc2)C1. The van der Waals surface area contributed by atoms with E-state index in [0.29, 0.717) is 13.1 Å². The third-order valence-corrected chi connectivity index (χ3v) is 5.88. The fourth-order valence-electron chi connectivity index (χ4n) is 3.45. The highest BCUT2D eigenvalue weighted by molar-refractivity contribution is 7.11. The van der Waals surface area contributed by atoms with Crippen LogP contribution in [0.2, 0.25) is 0 Å². The van der Waals surface area contributed by atoms with E-state index >= 15 is 0 Å². The predicted octanol–water partition coefficient (Wildman–Crippen LogP) is 3.84. The van der Waals surface area contributed by atoms with Gasteiger partial charge in [-0.3, -0.25) is 9.89 Å². The Morgan fingerprint density at radius 1 is 1.30 bits per heavy atom. The minimum atomic E-state index is -4.29. The topological polar surface area (TPSA) is 52.6 Å². The van der Waals surface area contributed by atoms with Gasteiger partial charge in [-0.05, 0) is 38.0 Å². The van der Waals surface area contributed by atoms with Gasteiger partial charge in [-0.2, -0.15) is 13.2 Å². The molecular weight excluding hydrogens is 411 g/mol. The fraction of sp³-hybridized carbons (Fsp3) is 0.524. The molecule has 0 amide bonds. The highest BCUT2D eigenvalue weighted by Gasteiger charge is 2.30. The summed E-state index contributed by atoms with van der Waals surface area (Å²) in [7, 11) is 0. The van der Waals surface area contributed by atoms with Crippen molar-refractivity contribution in [2.24, 2.45) is 4.99 Å². The van der Waals surface area contributed by atoms with Gasteiger partial charge in [0.1, 0.15) is 0 Å². The molecule has 1 aromatic carbocycles. The quantitative estimate of drug-likeness (QED) is 0.508. The van der Waals surface area contributed by atoms with E-state index in [4.69, 9.17) is 0 Å². The zero-order chi connectivity index (χ0) is 21.6. The van der Waals surface area contributed by atoms with Crippen LogP contribution in [0.5, 0.6) is 0 Å². The Kier molecular flexibility index (Phi) is 7.71. The minimum Gasteiger partial charge on any atom is -0.357 e. The van der Waals surface area contributed by atoms with Gasteiger partial charge in [0.2, 0.25) is 0 Å². The van der Waals surface area contributed by atoms with E-state index in [2.05, 4.69) is 25.5 Å². The molecule has 5 nitrogen and oxygen atoms in total. The number of hydrogen-bond acceptors (Lipinski definition) is 4. The van der Waals surface area contributed by atoms with Crippen molar-refractivity contribution in [1.82, 2.24) is 20.5 Å². The van der Waals surface area contributed by atoms with Gasteiger partial charge in [-0.1, -0.05) is 12.1 Å². The Morgan fingerprint density at radius 3 is 2.70 bits per heavy atom. The molecule has 1 unspecified atom stereocenters. The van der Waals surface area contributed by atoms with Crippen molar-refractivity contribution in [3.05, 3.63) is 51.5 Å². The second-order valence-corrected chi connectivity index (χ2v) is 8.75. The van der Waals surface area contributed by atoms with Crippen LogP contribution in [-0.4, -0.2) is 48.1 Å². The fourth-order valence-corrected chi connectivity index (χ4v) is 4.22. The molecule has 1 saturated heterocycles. The van der Waals surface area contributed by atoms with Gasteiger partial charge in [0.15, 0.2) is 5.96 Å². The van der Waals surface area contributed by atoms with Crippen LogP contribution in [0.15, 0.2) is 35.5 Å². The molecule has 0 aliphatic carbocycles. The summed E-state index contributed by atoms with van der Waals surface area (Å²) in [5.74, 6) is 0.798. The first kappa shape index (κ1) is 22.6. The van der Waals surface area contributed by atoms with Gasteiger partial charge in [-0.15, -0.1) is 11.3 Å². The number of likely N-dealkylation sites (tertiary alicyclic amines) is 1. The van der Waals surface area contributed by atoms with Crippen molar-refractivity contribution in [3.63, 3.8) is 0 Å². The van der Waals surface area contributed by atoms with Crippen LogP contribution in [0.25, 0.3) is 0 Å². The molecule has 2 heterocycles. The Hall–Kier alpha value is -2.13. The molecule has 1 aromatic heterocycles. The molecule has 0 saturated carbocycles. The zero-order valence-corrected chi connectivity index (χ0v) is 18.1. The normalized spacial score (nSPS) is 18.0. The van der Waals surface area contributed by atoms with Crippen molar-refractivity contribution in [3.8, 4) is 0 Å². The number of nitrogens with one attached hydrogen (secondary N) is 2. The van der Waals surface area contributed by atoms with Gasteiger partial charge < -0.3 is 10.6 Å². The van der Waals surface area contributed by atoms with Crippen LogP contribution in [-0.2, 0) is 19.1 Å². The number of nitrogens with zero attached hydrogens (tertiary/aromatic N) is 3. The lowest BCUT2D eigenvalue weighted by atomic mass is 10.1. The predicted molar refractivity (Wildman–Crippen MR) is 115 cm³/mol. The van der Waals surface area contributed by atoms with Crippen LogP contribution >= 0.6 is 11.3 Å². The number of alkyl halides is 3. The zero-order valence-electron chi connectivity index (χ0n) is 17.3. The number of guanidine groups is 1. The van der Waals surface area contributed by atoms with Gasteiger partial charge >= 0.3 is 6.18 Å². The van der Waals surface area contributed by atoms with Crippen LogP contribution < -0.4 is 10.6 Å². The molecule has 9 heteroatoms. The smallest absolute Gasteiger partial charge is 0.357 e. The van der Waals surface area contributed by atoms with Gasteiger partial charge in [-0.25, -0.2) is 4.98 Å². The monoisotopic (exact) mass is 439 g/mol. The van der Waals surface area contributed by atoms with Crippen molar-refractivity contribution in [2.45, 2.75) is 45.5 Å². The summed E-state index contributed by atoms with van der Waals surface area (Å²) in [6.45, 7) is 7.91.